The molecule has 0 aliphatic carbocycles. The number of thiazole rings is 1. The average molecular weight is 474 g/mol. The Balaban J connectivity index is 1.21. The number of likely N-dealkylation sites (tertiary alicyclic amines) is 2. The van der Waals surface area contributed by atoms with Crippen LogP contribution in [0.2, 0.25) is 5.02 Å². The monoisotopic (exact) mass is 473 g/mol. The van der Waals surface area contributed by atoms with Crippen LogP contribution in [0.15, 0.2) is 42.6 Å². The van der Waals surface area contributed by atoms with Crippen molar-refractivity contribution in [2.45, 2.75) is 31.7 Å². The number of nitrogens with zero attached hydrogens (tertiary/aromatic N) is 3. The van der Waals surface area contributed by atoms with E-state index < -0.39 is 0 Å². The van der Waals surface area contributed by atoms with Gasteiger partial charge in [-0.25, -0.2) is 4.98 Å². The van der Waals surface area contributed by atoms with Crippen LogP contribution in [0, 0.1) is 0 Å². The Morgan fingerprint density at radius 2 is 1.84 bits per heavy atom. The molecule has 0 spiro atoms. The molecule has 0 atom stereocenters. The molecule has 4 rings (SSSR count). The molecule has 2 fully saturated rings. The second-order valence-electron chi connectivity index (χ2n) is 8.14. The molecular formula is C23H28ClN5O2S. The molecule has 2 aromatic rings. The third kappa shape index (κ3) is 6.31. The molecular weight excluding hydrogens is 446 g/mol. The third-order valence-corrected chi connectivity index (χ3v) is 6.97. The van der Waals surface area contributed by atoms with Gasteiger partial charge in [-0.1, -0.05) is 29.0 Å². The number of halogens is 1. The number of carbonyl (C=O) groups is 2. The lowest BCUT2D eigenvalue weighted by Gasteiger charge is -2.31. The summed E-state index contributed by atoms with van der Waals surface area (Å²) in [6.45, 7) is 4.58. The molecule has 9 heteroatoms. The topological polar surface area (TPSA) is 77.6 Å². The standard InChI is InChI=1S/C23H28ClN5O2S/c24-17-5-7-18(8-6-17)26-22(31)20-16-25-23(32-20)27-19-9-14-29(15-10-19)21(30)4-3-13-28-11-1-2-12-28/h3-8,16,19H,1-2,9-15H2,(H,25,27)(H,26,31)/b4-3+. The molecule has 2 amide bonds. The normalized spacial score (nSPS) is 17.7. The molecule has 2 aliphatic heterocycles. The summed E-state index contributed by atoms with van der Waals surface area (Å²) in [5, 5.41) is 7.61. The van der Waals surface area contributed by atoms with E-state index in [-0.39, 0.29) is 17.9 Å². The summed E-state index contributed by atoms with van der Waals surface area (Å²) in [5.41, 5.74) is 0.689. The molecule has 170 valence electrons. The zero-order chi connectivity index (χ0) is 22.3. The van der Waals surface area contributed by atoms with Crippen LogP contribution in [0.25, 0.3) is 0 Å². The van der Waals surface area contributed by atoms with Crippen LogP contribution in [0.4, 0.5) is 10.8 Å². The summed E-state index contributed by atoms with van der Waals surface area (Å²) < 4.78 is 0. The van der Waals surface area contributed by atoms with Crippen molar-refractivity contribution in [2.24, 2.45) is 0 Å². The van der Waals surface area contributed by atoms with E-state index in [0.29, 0.717) is 15.6 Å². The SMILES string of the molecule is O=C(Nc1ccc(Cl)cc1)c1cnc(NC2CCN(C(=O)/C=C/CN3CCCC3)CC2)s1. The molecule has 0 radical (unpaired) electrons. The Morgan fingerprint density at radius 1 is 1.12 bits per heavy atom. The van der Waals surface area contributed by atoms with Gasteiger partial charge < -0.3 is 15.5 Å². The highest BCUT2D eigenvalue weighted by Gasteiger charge is 2.22. The molecule has 2 aliphatic rings. The van der Waals surface area contributed by atoms with Crippen molar-refractivity contribution >= 4 is 45.6 Å². The second-order valence-corrected chi connectivity index (χ2v) is 9.61. The fraction of sp³-hybridized carbons (Fsp3) is 0.435. The first-order valence-electron chi connectivity index (χ1n) is 11.0. The van der Waals surface area contributed by atoms with Crippen LogP contribution in [-0.4, -0.2) is 65.4 Å². The van der Waals surface area contributed by atoms with Gasteiger partial charge in [-0.15, -0.1) is 0 Å². The van der Waals surface area contributed by atoms with Crippen molar-refractivity contribution in [3.8, 4) is 0 Å². The molecule has 0 saturated carbocycles. The molecule has 7 nitrogen and oxygen atoms in total. The number of nitrogens with one attached hydrogen (secondary N) is 2. The number of carbonyl (C=O) groups excluding carboxylic acids is 2. The van der Waals surface area contributed by atoms with E-state index in [1.165, 1.54) is 24.2 Å². The summed E-state index contributed by atoms with van der Waals surface area (Å²) in [5.74, 6) is -0.0999. The highest BCUT2D eigenvalue weighted by atomic mass is 35.5. The Morgan fingerprint density at radius 3 is 2.56 bits per heavy atom. The number of hydrogen-bond donors (Lipinski definition) is 2. The van der Waals surface area contributed by atoms with Crippen LogP contribution < -0.4 is 10.6 Å². The summed E-state index contributed by atoms with van der Waals surface area (Å²) >= 11 is 7.21. The summed E-state index contributed by atoms with van der Waals surface area (Å²) in [6, 6.07) is 7.23. The molecule has 1 aromatic heterocycles. The predicted octanol–water partition coefficient (Wildman–Crippen LogP) is 4.10. The fourth-order valence-electron chi connectivity index (χ4n) is 3.96. The van der Waals surface area contributed by atoms with E-state index in [1.807, 2.05) is 11.0 Å². The maximum Gasteiger partial charge on any atom is 0.267 e. The number of hydrogen-bond acceptors (Lipinski definition) is 6. The zero-order valence-electron chi connectivity index (χ0n) is 17.9. The maximum absolute atomic E-state index is 12.4. The van der Waals surface area contributed by atoms with E-state index in [9.17, 15) is 9.59 Å². The van der Waals surface area contributed by atoms with Crippen molar-refractivity contribution in [3.05, 3.63) is 52.5 Å². The van der Waals surface area contributed by atoms with Crippen molar-refractivity contribution in [1.29, 1.82) is 0 Å². The first kappa shape index (κ1) is 22.8. The third-order valence-electron chi connectivity index (χ3n) is 5.79. The van der Waals surface area contributed by atoms with Crippen molar-refractivity contribution in [3.63, 3.8) is 0 Å². The lowest BCUT2D eigenvalue weighted by molar-refractivity contribution is -0.126. The average Bonchev–Trinajstić information content (AvgIpc) is 3.48. The molecule has 1 aromatic carbocycles. The number of aromatic nitrogens is 1. The Hall–Kier alpha value is -2.42. The van der Waals surface area contributed by atoms with Crippen LogP contribution in [0.1, 0.15) is 35.4 Å². The molecule has 0 unspecified atom stereocenters. The Bertz CT molecular complexity index is 948. The van der Waals surface area contributed by atoms with Crippen molar-refractivity contribution in [1.82, 2.24) is 14.8 Å². The number of piperidine rings is 1. The van der Waals surface area contributed by atoms with Gasteiger partial charge in [-0.3, -0.25) is 14.5 Å². The highest BCUT2D eigenvalue weighted by Crippen LogP contribution is 2.23. The van der Waals surface area contributed by atoms with E-state index in [2.05, 4.69) is 20.5 Å². The van der Waals surface area contributed by atoms with E-state index in [4.69, 9.17) is 11.6 Å². The van der Waals surface area contributed by atoms with Gasteiger partial charge in [0, 0.05) is 42.5 Å². The first-order valence-corrected chi connectivity index (χ1v) is 12.2. The summed E-state index contributed by atoms with van der Waals surface area (Å²) in [4.78, 5) is 34.0. The zero-order valence-corrected chi connectivity index (χ0v) is 19.5. The fourth-order valence-corrected chi connectivity index (χ4v) is 4.88. The van der Waals surface area contributed by atoms with Crippen LogP contribution in [0.3, 0.4) is 0 Å². The first-order chi connectivity index (χ1) is 15.6. The Kier molecular flexibility index (Phi) is 7.78. The Labute approximate surface area is 197 Å². The van der Waals surface area contributed by atoms with Crippen LogP contribution in [-0.2, 0) is 4.79 Å². The van der Waals surface area contributed by atoms with Crippen molar-refractivity contribution in [2.75, 3.05) is 43.4 Å². The summed E-state index contributed by atoms with van der Waals surface area (Å²) in [6.07, 6.45) is 9.53. The molecule has 2 saturated heterocycles. The largest absolute Gasteiger partial charge is 0.359 e. The maximum atomic E-state index is 12.4. The van der Waals surface area contributed by atoms with Crippen molar-refractivity contribution < 1.29 is 9.59 Å². The van der Waals surface area contributed by atoms with Gasteiger partial charge in [0.1, 0.15) is 4.88 Å². The minimum Gasteiger partial charge on any atom is -0.359 e. The predicted molar refractivity (Wildman–Crippen MR) is 130 cm³/mol. The van der Waals surface area contributed by atoms with E-state index in [0.717, 1.165) is 50.7 Å². The second kappa shape index (κ2) is 10.9. The molecule has 0 bridgehead atoms. The van der Waals surface area contributed by atoms with Gasteiger partial charge in [0.05, 0.1) is 6.20 Å². The van der Waals surface area contributed by atoms with Gasteiger partial charge in [-0.2, -0.15) is 0 Å². The quantitative estimate of drug-likeness (QED) is 0.592. The highest BCUT2D eigenvalue weighted by molar-refractivity contribution is 7.17. The van der Waals surface area contributed by atoms with Gasteiger partial charge in [0.2, 0.25) is 5.91 Å². The number of benzene rings is 1. The molecule has 2 N–H and O–H groups in total. The number of anilines is 2. The smallest absolute Gasteiger partial charge is 0.267 e. The van der Waals surface area contributed by atoms with Crippen LogP contribution in [0.5, 0.6) is 0 Å². The van der Waals surface area contributed by atoms with Gasteiger partial charge in [-0.05, 0) is 63.0 Å². The summed E-state index contributed by atoms with van der Waals surface area (Å²) in [7, 11) is 0. The minimum atomic E-state index is -0.195. The number of amides is 2. The minimum absolute atomic E-state index is 0.0954. The van der Waals surface area contributed by atoms with Gasteiger partial charge in [0.15, 0.2) is 5.13 Å². The molecule has 32 heavy (non-hydrogen) atoms. The lowest BCUT2D eigenvalue weighted by atomic mass is 10.1. The number of rotatable bonds is 7. The van der Waals surface area contributed by atoms with Crippen LogP contribution >= 0.6 is 22.9 Å². The van der Waals surface area contributed by atoms with Gasteiger partial charge >= 0.3 is 0 Å². The lowest BCUT2D eigenvalue weighted by Crippen LogP contribution is -2.41. The van der Waals surface area contributed by atoms with Gasteiger partial charge in [0.25, 0.3) is 5.91 Å². The van der Waals surface area contributed by atoms with E-state index >= 15 is 0 Å². The van der Waals surface area contributed by atoms with E-state index in [1.54, 1.807) is 36.5 Å². The molecule has 3 heterocycles.